The number of aliphatic imine (C=N–C) groups is 1. The number of methoxy groups -OCH3 is 1. The van der Waals surface area contributed by atoms with Gasteiger partial charge in [-0.15, -0.1) is 0 Å². The minimum atomic E-state index is -0.246. The number of hydrogen-bond donors (Lipinski definition) is 2. The first-order valence-corrected chi connectivity index (χ1v) is 7.91. The number of guanidine groups is 1. The van der Waals surface area contributed by atoms with E-state index in [1.807, 2.05) is 0 Å². The number of nitrogens with one attached hydrogen (secondary N) is 2. The molecular formula is C17H26FN3O2. The van der Waals surface area contributed by atoms with Crippen molar-refractivity contribution in [2.75, 3.05) is 27.3 Å². The normalized spacial score (nSPS) is 21.5. The van der Waals surface area contributed by atoms with Crippen molar-refractivity contribution < 1.29 is 13.9 Å². The van der Waals surface area contributed by atoms with E-state index in [1.165, 1.54) is 6.07 Å². The molecule has 0 saturated carbocycles. The summed E-state index contributed by atoms with van der Waals surface area (Å²) in [4.78, 5) is 4.21. The lowest BCUT2D eigenvalue weighted by molar-refractivity contribution is 0.0243. The molecule has 1 aromatic carbocycles. The summed E-state index contributed by atoms with van der Waals surface area (Å²) < 4.78 is 24.4. The van der Waals surface area contributed by atoms with Crippen LogP contribution in [0.4, 0.5) is 4.39 Å². The zero-order valence-corrected chi connectivity index (χ0v) is 14.1. The zero-order valence-electron chi connectivity index (χ0n) is 14.1. The van der Waals surface area contributed by atoms with E-state index >= 15 is 0 Å². The first kappa shape index (κ1) is 17.7. The quantitative estimate of drug-likeness (QED) is 0.622. The van der Waals surface area contributed by atoms with Crippen molar-refractivity contribution in [3.05, 3.63) is 35.1 Å². The molecule has 0 spiro atoms. The zero-order chi connectivity index (χ0) is 16.7. The van der Waals surface area contributed by atoms with Crippen LogP contribution in [0.2, 0.25) is 0 Å². The highest BCUT2D eigenvalue weighted by molar-refractivity contribution is 5.79. The molecule has 1 heterocycles. The van der Waals surface area contributed by atoms with Crippen molar-refractivity contribution >= 4 is 5.96 Å². The van der Waals surface area contributed by atoms with E-state index in [0.717, 1.165) is 25.0 Å². The highest BCUT2D eigenvalue weighted by Crippen LogP contribution is 2.23. The van der Waals surface area contributed by atoms with Gasteiger partial charge in [0.2, 0.25) is 0 Å². The summed E-state index contributed by atoms with van der Waals surface area (Å²) in [6, 6.07) is 5.03. The number of halogens is 1. The standard InChI is InChI=1S/C17H26FN3O2/c1-17(7-4-8-23-17)12-21-16(19-2)20-10-13-5-6-15(18)14(9-13)11-22-3/h5-6,9H,4,7-8,10-12H2,1-3H3,(H2,19,20,21). The molecule has 2 rings (SSSR count). The highest BCUT2D eigenvalue weighted by Gasteiger charge is 2.29. The molecule has 6 heteroatoms. The molecule has 0 amide bonds. The maximum absolute atomic E-state index is 13.6. The van der Waals surface area contributed by atoms with Crippen molar-refractivity contribution in [3.8, 4) is 0 Å². The first-order chi connectivity index (χ1) is 11.1. The second kappa shape index (κ2) is 8.26. The van der Waals surface area contributed by atoms with E-state index in [1.54, 1.807) is 26.3 Å². The molecule has 0 radical (unpaired) electrons. The van der Waals surface area contributed by atoms with Crippen LogP contribution in [0, 0.1) is 5.82 Å². The summed E-state index contributed by atoms with van der Waals surface area (Å²) in [5.41, 5.74) is 1.41. The molecule has 2 N–H and O–H groups in total. The van der Waals surface area contributed by atoms with Crippen LogP contribution in [0.25, 0.3) is 0 Å². The topological polar surface area (TPSA) is 54.9 Å². The van der Waals surface area contributed by atoms with Crippen LogP contribution >= 0.6 is 0 Å². The van der Waals surface area contributed by atoms with Crippen LogP contribution in [0.15, 0.2) is 23.2 Å². The second-order valence-electron chi connectivity index (χ2n) is 6.04. The molecule has 0 aliphatic carbocycles. The van der Waals surface area contributed by atoms with Crippen LogP contribution in [0.5, 0.6) is 0 Å². The average molecular weight is 323 g/mol. The third kappa shape index (κ3) is 5.18. The molecule has 0 bridgehead atoms. The van der Waals surface area contributed by atoms with Gasteiger partial charge in [-0.1, -0.05) is 6.07 Å². The Morgan fingerprint density at radius 1 is 1.43 bits per heavy atom. The summed E-state index contributed by atoms with van der Waals surface area (Å²) >= 11 is 0. The maximum Gasteiger partial charge on any atom is 0.191 e. The molecule has 1 atom stereocenters. The van der Waals surface area contributed by atoms with Crippen LogP contribution in [0.1, 0.15) is 30.9 Å². The van der Waals surface area contributed by atoms with E-state index in [0.29, 0.717) is 24.6 Å². The fourth-order valence-corrected chi connectivity index (χ4v) is 2.66. The van der Waals surface area contributed by atoms with Gasteiger partial charge in [0, 0.05) is 39.4 Å². The van der Waals surface area contributed by atoms with Crippen molar-refractivity contribution in [1.82, 2.24) is 10.6 Å². The number of ether oxygens (including phenoxy) is 2. The Bertz CT molecular complexity index is 543. The molecule has 1 aromatic rings. The van der Waals surface area contributed by atoms with Gasteiger partial charge in [0.05, 0.1) is 12.2 Å². The van der Waals surface area contributed by atoms with Gasteiger partial charge >= 0.3 is 0 Å². The predicted octanol–water partition coefficient (Wildman–Crippen LogP) is 2.21. The van der Waals surface area contributed by atoms with E-state index in [4.69, 9.17) is 9.47 Å². The Morgan fingerprint density at radius 3 is 2.91 bits per heavy atom. The minimum absolute atomic E-state index is 0.126. The predicted molar refractivity (Wildman–Crippen MR) is 88.9 cm³/mol. The maximum atomic E-state index is 13.6. The monoisotopic (exact) mass is 323 g/mol. The molecule has 5 nitrogen and oxygen atoms in total. The highest BCUT2D eigenvalue weighted by atomic mass is 19.1. The van der Waals surface area contributed by atoms with E-state index in [9.17, 15) is 4.39 Å². The number of benzene rings is 1. The van der Waals surface area contributed by atoms with Crippen LogP contribution in [0.3, 0.4) is 0 Å². The minimum Gasteiger partial charge on any atom is -0.380 e. The van der Waals surface area contributed by atoms with E-state index < -0.39 is 0 Å². The third-order valence-corrected chi connectivity index (χ3v) is 4.02. The fraction of sp³-hybridized carbons (Fsp3) is 0.588. The van der Waals surface area contributed by atoms with Crippen LogP contribution in [-0.4, -0.2) is 38.9 Å². The van der Waals surface area contributed by atoms with Crippen molar-refractivity contribution in [2.24, 2.45) is 4.99 Å². The molecule has 23 heavy (non-hydrogen) atoms. The summed E-state index contributed by atoms with van der Waals surface area (Å²) in [5, 5.41) is 6.52. The molecular weight excluding hydrogens is 297 g/mol. The van der Waals surface area contributed by atoms with E-state index in [-0.39, 0.29) is 18.0 Å². The lowest BCUT2D eigenvalue weighted by atomic mass is 10.0. The van der Waals surface area contributed by atoms with Gasteiger partial charge < -0.3 is 20.1 Å². The second-order valence-corrected chi connectivity index (χ2v) is 6.04. The van der Waals surface area contributed by atoms with Gasteiger partial charge in [0.1, 0.15) is 5.82 Å². The Morgan fingerprint density at radius 2 is 2.26 bits per heavy atom. The molecule has 1 aliphatic rings. The van der Waals surface area contributed by atoms with Gasteiger partial charge in [0.15, 0.2) is 5.96 Å². The molecule has 0 aromatic heterocycles. The first-order valence-electron chi connectivity index (χ1n) is 7.91. The van der Waals surface area contributed by atoms with E-state index in [2.05, 4.69) is 22.5 Å². The van der Waals surface area contributed by atoms with Gasteiger partial charge in [-0.05, 0) is 37.5 Å². The summed E-state index contributed by atoms with van der Waals surface area (Å²) in [6.45, 7) is 4.47. The van der Waals surface area contributed by atoms with Crippen molar-refractivity contribution in [1.29, 1.82) is 0 Å². The molecule has 1 unspecified atom stereocenters. The Hall–Kier alpha value is -1.66. The number of hydrogen-bond acceptors (Lipinski definition) is 3. The summed E-state index contributed by atoms with van der Waals surface area (Å²) in [5.74, 6) is 0.462. The molecule has 1 aliphatic heterocycles. The number of rotatable bonds is 6. The van der Waals surface area contributed by atoms with Crippen molar-refractivity contribution in [2.45, 2.75) is 38.5 Å². The lowest BCUT2D eigenvalue weighted by Gasteiger charge is -2.24. The fourth-order valence-electron chi connectivity index (χ4n) is 2.66. The smallest absolute Gasteiger partial charge is 0.191 e. The Labute approximate surface area is 137 Å². The van der Waals surface area contributed by atoms with Gasteiger partial charge in [-0.25, -0.2) is 4.39 Å². The van der Waals surface area contributed by atoms with Gasteiger partial charge in [-0.3, -0.25) is 4.99 Å². The number of nitrogens with zero attached hydrogens (tertiary/aromatic N) is 1. The third-order valence-electron chi connectivity index (χ3n) is 4.02. The van der Waals surface area contributed by atoms with Gasteiger partial charge in [-0.2, -0.15) is 0 Å². The Balaban J connectivity index is 1.86. The molecule has 128 valence electrons. The molecule has 1 fully saturated rings. The summed E-state index contributed by atoms with van der Waals surface area (Å²) in [7, 11) is 3.29. The SMILES string of the molecule is CN=C(NCc1ccc(F)c(COC)c1)NCC1(C)CCCO1. The lowest BCUT2D eigenvalue weighted by Crippen LogP contribution is -2.45. The van der Waals surface area contributed by atoms with Crippen LogP contribution < -0.4 is 10.6 Å². The van der Waals surface area contributed by atoms with Gasteiger partial charge in [0.25, 0.3) is 0 Å². The Kier molecular flexibility index (Phi) is 6.36. The largest absolute Gasteiger partial charge is 0.380 e. The van der Waals surface area contributed by atoms with Crippen LogP contribution in [-0.2, 0) is 22.6 Å². The summed E-state index contributed by atoms with van der Waals surface area (Å²) in [6.07, 6.45) is 2.15. The molecule has 1 saturated heterocycles. The average Bonchev–Trinajstić information content (AvgIpc) is 2.97. The van der Waals surface area contributed by atoms with Crippen molar-refractivity contribution in [3.63, 3.8) is 0 Å².